The van der Waals surface area contributed by atoms with Gasteiger partial charge in [-0.05, 0) is 31.9 Å². The van der Waals surface area contributed by atoms with Gasteiger partial charge in [-0.1, -0.05) is 11.6 Å². The predicted molar refractivity (Wildman–Crippen MR) is 56.5 cm³/mol. The summed E-state index contributed by atoms with van der Waals surface area (Å²) in [6.45, 7) is 2.09. The largest absolute Gasteiger partial charge is 0.307 e. The number of hydrogen-bond donors (Lipinski definition) is 1. The highest BCUT2D eigenvalue weighted by molar-refractivity contribution is 5.98. The first-order chi connectivity index (χ1) is 7.16. The topological polar surface area (TPSA) is 29.1 Å². The Morgan fingerprint density at radius 3 is 2.93 bits per heavy atom. The number of carbonyl (C=O) groups excluding carboxylic acids is 1. The fourth-order valence-corrected chi connectivity index (χ4v) is 1.47. The third-order valence-corrected chi connectivity index (χ3v) is 2.55. The first-order valence-corrected chi connectivity index (χ1v) is 5.19. The summed E-state index contributed by atoms with van der Waals surface area (Å²) in [5.41, 5.74) is 1.11. The average molecular weight is 207 g/mol. The van der Waals surface area contributed by atoms with Crippen molar-refractivity contribution in [2.45, 2.75) is 25.8 Å². The van der Waals surface area contributed by atoms with Crippen LogP contribution in [0.3, 0.4) is 0 Å². The number of nitrogens with one attached hydrogen (secondary N) is 1. The minimum Gasteiger partial charge on any atom is -0.307 e. The van der Waals surface area contributed by atoms with Crippen molar-refractivity contribution < 1.29 is 9.18 Å². The molecule has 0 aliphatic heterocycles. The van der Waals surface area contributed by atoms with E-state index < -0.39 is 5.82 Å². The normalized spacial score (nSPS) is 15.3. The number of rotatable bonds is 4. The van der Waals surface area contributed by atoms with Crippen LogP contribution in [0.25, 0.3) is 0 Å². The first kappa shape index (κ1) is 10.3. The van der Waals surface area contributed by atoms with Crippen molar-refractivity contribution >= 4 is 5.78 Å². The van der Waals surface area contributed by atoms with Crippen LogP contribution in [0.4, 0.5) is 4.39 Å². The van der Waals surface area contributed by atoms with Crippen molar-refractivity contribution in [1.29, 1.82) is 0 Å². The Kier molecular flexibility index (Phi) is 2.82. The number of carbonyl (C=O) groups is 1. The molecule has 1 fully saturated rings. The Labute approximate surface area is 88.5 Å². The molecule has 1 N–H and O–H groups in total. The highest BCUT2D eigenvalue weighted by Gasteiger charge is 2.22. The Hall–Kier alpha value is -1.22. The second-order valence-corrected chi connectivity index (χ2v) is 4.06. The Bertz CT molecular complexity index is 385. The van der Waals surface area contributed by atoms with Gasteiger partial charge in [0.1, 0.15) is 5.82 Å². The molecule has 1 saturated carbocycles. The molecular formula is C12H14FNO. The quantitative estimate of drug-likeness (QED) is 0.766. The van der Waals surface area contributed by atoms with E-state index >= 15 is 0 Å². The predicted octanol–water partition coefficient (Wildman–Crippen LogP) is 2.07. The summed E-state index contributed by atoms with van der Waals surface area (Å²) < 4.78 is 13.3. The zero-order valence-electron chi connectivity index (χ0n) is 8.72. The van der Waals surface area contributed by atoms with E-state index in [4.69, 9.17) is 0 Å². The van der Waals surface area contributed by atoms with Crippen LogP contribution >= 0.6 is 0 Å². The zero-order chi connectivity index (χ0) is 10.8. The lowest BCUT2D eigenvalue weighted by atomic mass is 10.1. The number of Topliss-reactive ketones (excluding diaryl/α,β-unsaturated/α-hetero) is 1. The van der Waals surface area contributed by atoms with Crippen LogP contribution in [0, 0.1) is 12.7 Å². The molecule has 1 aliphatic carbocycles. The molecule has 0 heterocycles. The van der Waals surface area contributed by atoms with Gasteiger partial charge in [-0.25, -0.2) is 4.39 Å². The van der Waals surface area contributed by atoms with E-state index in [9.17, 15) is 9.18 Å². The molecule has 1 aromatic carbocycles. The summed E-state index contributed by atoms with van der Waals surface area (Å²) in [7, 11) is 0. The van der Waals surface area contributed by atoms with E-state index in [0.29, 0.717) is 6.04 Å². The molecule has 0 atom stereocenters. The van der Waals surface area contributed by atoms with Crippen molar-refractivity contribution in [2.75, 3.05) is 6.54 Å². The highest BCUT2D eigenvalue weighted by Crippen LogP contribution is 2.18. The summed E-state index contributed by atoms with van der Waals surface area (Å²) in [6, 6.07) is 5.09. The van der Waals surface area contributed by atoms with Crippen molar-refractivity contribution in [3.8, 4) is 0 Å². The molecule has 2 nitrogen and oxygen atoms in total. The highest BCUT2D eigenvalue weighted by atomic mass is 19.1. The molecule has 15 heavy (non-hydrogen) atoms. The number of ketones is 1. The lowest BCUT2D eigenvalue weighted by Gasteiger charge is -2.04. The molecule has 0 radical (unpaired) electrons. The summed E-state index contributed by atoms with van der Waals surface area (Å²) in [5, 5.41) is 3.09. The third-order valence-electron chi connectivity index (χ3n) is 2.55. The SMILES string of the molecule is Cc1ccc(F)c(C(=O)CNC2CC2)c1. The molecule has 2 rings (SSSR count). The van der Waals surface area contributed by atoms with Gasteiger partial charge in [-0.2, -0.15) is 0 Å². The number of benzene rings is 1. The van der Waals surface area contributed by atoms with E-state index in [2.05, 4.69) is 5.32 Å². The van der Waals surface area contributed by atoms with E-state index in [-0.39, 0.29) is 17.9 Å². The molecular weight excluding hydrogens is 193 g/mol. The van der Waals surface area contributed by atoms with Gasteiger partial charge >= 0.3 is 0 Å². The van der Waals surface area contributed by atoms with Gasteiger partial charge in [-0.15, -0.1) is 0 Å². The summed E-state index contributed by atoms with van der Waals surface area (Å²) >= 11 is 0. The minimum absolute atomic E-state index is 0.164. The minimum atomic E-state index is -0.428. The maximum absolute atomic E-state index is 13.3. The van der Waals surface area contributed by atoms with Crippen LogP contribution in [0.15, 0.2) is 18.2 Å². The monoisotopic (exact) mass is 207 g/mol. The molecule has 1 aliphatic rings. The number of aryl methyl sites for hydroxylation is 1. The van der Waals surface area contributed by atoms with Crippen LogP contribution in [-0.2, 0) is 0 Å². The van der Waals surface area contributed by atoms with Crippen LogP contribution in [-0.4, -0.2) is 18.4 Å². The molecule has 0 saturated heterocycles. The fourth-order valence-electron chi connectivity index (χ4n) is 1.47. The van der Waals surface area contributed by atoms with Gasteiger partial charge in [0.2, 0.25) is 0 Å². The molecule has 3 heteroatoms. The lowest BCUT2D eigenvalue weighted by molar-refractivity contribution is 0.0986. The van der Waals surface area contributed by atoms with Crippen LogP contribution in [0.5, 0.6) is 0 Å². The Balaban J connectivity index is 2.05. The molecule has 0 amide bonds. The standard InChI is InChI=1S/C12H14FNO/c1-8-2-5-11(13)10(6-8)12(15)7-14-9-3-4-9/h2,5-6,9,14H,3-4,7H2,1H3. The van der Waals surface area contributed by atoms with Gasteiger partial charge in [0.15, 0.2) is 5.78 Å². The summed E-state index contributed by atoms with van der Waals surface area (Å²) in [6.07, 6.45) is 2.26. The van der Waals surface area contributed by atoms with Gasteiger partial charge in [0, 0.05) is 6.04 Å². The van der Waals surface area contributed by atoms with Gasteiger partial charge < -0.3 is 5.32 Å². The molecule has 0 bridgehead atoms. The first-order valence-electron chi connectivity index (χ1n) is 5.19. The van der Waals surface area contributed by atoms with Crippen molar-refractivity contribution in [1.82, 2.24) is 5.32 Å². The van der Waals surface area contributed by atoms with E-state index in [0.717, 1.165) is 18.4 Å². The smallest absolute Gasteiger partial charge is 0.179 e. The van der Waals surface area contributed by atoms with E-state index in [1.807, 2.05) is 6.92 Å². The number of hydrogen-bond acceptors (Lipinski definition) is 2. The second-order valence-electron chi connectivity index (χ2n) is 4.06. The van der Waals surface area contributed by atoms with Gasteiger partial charge in [-0.3, -0.25) is 4.79 Å². The van der Waals surface area contributed by atoms with Crippen molar-refractivity contribution in [3.63, 3.8) is 0 Å². The summed E-state index contributed by atoms with van der Waals surface area (Å²) in [5.74, 6) is -0.591. The second kappa shape index (κ2) is 4.11. The van der Waals surface area contributed by atoms with Crippen molar-refractivity contribution in [2.24, 2.45) is 0 Å². The van der Waals surface area contributed by atoms with Crippen LogP contribution < -0.4 is 5.32 Å². The van der Waals surface area contributed by atoms with Crippen LogP contribution in [0.1, 0.15) is 28.8 Å². The molecule has 0 aromatic heterocycles. The maximum atomic E-state index is 13.3. The van der Waals surface area contributed by atoms with E-state index in [1.54, 1.807) is 12.1 Å². The maximum Gasteiger partial charge on any atom is 0.179 e. The third kappa shape index (κ3) is 2.63. The average Bonchev–Trinajstić information content (AvgIpc) is 3.02. The Morgan fingerprint density at radius 1 is 1.53 bits per heavy atom. The summed E-state index contributed by atoms with van der Waals surface area (Å²) in [4.78, 5) is 11.6. The van der Waals surface area contributed by atoms with Gasteiger partial charge in [0.05, 0.1) is 12.1 Å². The molecule has 1 aromatic rings. The Morgan fingerprint density at radius 2 is 2.27 bits per heavy atom. The van der Waals surface area contributed by atoms with E-state index in [1.165, 1.54) is 6.07 Å². The zero-order valence-corrected chi connectivity index (χ0v) is 8.72. The van der Waals surface area contributed by atoms with Gasteiger partial charge in [0.25, 0.3) is 0 Å². The fraction of sp³-hybridized carbons (Fsp3) is 0.417. The molecule has 0 spiro atoms. The molecule has 80 valence electrons. The van der Waals surface area contributed by atoms with Crippen LogP contribution in [0.2, 0.25) is 0 Å². The molecule has 0 unspecified atom stereocenters. The number of halogens is 1. The lowest BCUT2D eigenvalue weighted by Crippen LogP contribution is -2.25. The van der Waals surface area contributed by atoms with Crippen molar-refractivity contribution in [3.05, 3.63) is 35.1 Å².